The molecule has 0 aliphatic carbocycles. The van der Waals surface area contributed by atoms with Crippen LogP contribution in [0.1, 0.15) is 19.8 Å². The fourth-order valence-electron chi connectivity index (χ4n) is 3.76. The van der Waals surface area contributed by atoms with Crippen molar-refractivity contribution in [2.24, 2.45) is 5.92 Å². The molecule has 1 saturated heterocycles. The van der Waals surface area contributed by atoms with Gasteiger partial charge in [0.05, 0.1) is 17.3 Å². The molecule has 6 heteroatoms. The van der Waals surface area contributed by atoms with Crippen LogP contribution in [-0.2, 0) is 0 Å². The van der Waals surface area contributed by atoms with E-state index >= 15 is 0 Å². The van der Waals surface area contributed by atoms with Gasteiger partial charge in [-0.3, -0.25) is 0 Å². The second-order valence-electron chi connectivity index (χ2n) is 7.66. The number of nitrogens with one attached hydrogen (secondary N) is 1. The summed E-state index contributed by atoms with van der Waals surface area (Å²) in [4.78, 5) is 12.1. The van der Waals surface area contributed by atoms with E-state index < -0.39 is 0 Å². The average molecular weight is 384 g/mol. The molecule has 6 nitrogen and oxygen atoms in total. The maximum Gasteiger partial charge on any atom is 0.229 e. The lowest BCUT2D eigenvalue weighted by molar-refractivity contribution is 0.434. The number of rotatable bonds is 4. The largest absolute Gasteiger partial charge is 0.341 e. The summed E-state index contributed by atoms with van der Waals surface area (Å²) in [6.07, 6.45) is 4.18. The Kier molecular flexibility index (Phi) is 4.60. The molecule has 1 fully saturated rings. The number of anilines is 3. The van der Waals surface area contributed by atoms with E-state index in [0.717, 1.165) is 53.2 Å². The molecular formula is C23H24N6. The lowest BCUT2D eigenvalue weighted by Gasteiger charge is -2.30. The number of hydrogen-bond donors (Lipinski definition) is 1. The molecule has 2 aromatic heterocycles. The minimum Gasteiger partial charge on any atom is -0.341 e. The van der Waals surface area contributed by atoms with Crippen LogP contribution in [0.25, 0.3) is 16.7 Å². The molecule has 1 aliphatic heterocycles. The fraction of sp³-hybridized carbons (Fsp3) is 0.261. The Balaban J connectivity index is 1.63. The lowest BCUT2D eigenvalue weighted by Crippen LogP contribution is -2.34. The third-order valence-corrected chi connectivity index (χ3v) is 5.52. The zero-order valence-corrected chi connectivity index (χ0v) is 16.5. The van der Waals surface area contributed by atoms with Crippen molar-refractivity contribution >= 4 is 28.5 Å². The highest BCUT2D eigenvalue weighted by molar-refractivity contribution is 5.90. The third kappa shape index (κ3) is 3.53. The second-order valence-corrected chi connectivity index (χ2v) is 7.66. The van der Waals surface area contributed by atoms with Gasteiger partial charge >= 0.3 is 0 Å². The molecule has 1 aliphatic rings. The van der Waals surface area contributed by atoms with Gasteiger partial charge in [0.15, 0.2) is 5.65 Å². The topological polar surface area (TPSA) is 58.9 Å². The van der Waals surface area contributed by atoms with Gasteiger partial charge in [-0.05, 0) is 43.0 Å². The molecule has 0 spiro atoms. The molecule has 0 bridgehead atoms. The Hall–Kier alpha value is -3.41. The quantitative estimate of drug-likeness (QED) is 0.548. The number of para-hydroxylation sites is 2. The predicted molar refractivity (Wildman–Crippen MR) is 117 cm³/mol. The van der Waals surface area contributed by atoms with Crippen molar-refractivity contribution in [1.82, 2.24) is 19.7 Å². The van der Waals surface area contributed by atoms with Crippen LogP contribution >= 0.6 is 0 Å². The van der Waals surface area contributed by atoms with E-state index in [0.29, 0.717) is 0 Å². The Morgan fingerprint density at radius 3 is 2.31 bits per heavy atom. The van der Waals surface area contributed by atoms with Crippen LogP contribution in [-0.4, -0.2) is 32.8 Å². The first-order valence-electron chi connectivity index (χ1n) is 10.2. The monoisotopic (exact) mass is 384 g/mol. The summed E-state index contributed by atoms with van der Waals surface area (Å²) in [7, 11) is 0. The Morgan fingerprint density at radius 2 is 1.59 bits per heavy atom. The van der Waals surface area contributed by atoms with Crippen LogP contribution in [0.3, 0.4) is 0 Å². The van der Waals surface area contributed by atoms with Gasteiger partial charge in [0.25, 0.3) is 0 Å². The number of aromatic nitrogens is 4. The van der Waals surface area contributed by atoms with Gasteiger partial charge < -0.3 is 10.2 Å². The summed E-state index contributed by atoms with van der Waals surface area (Å²) in [5, 5.41) is 9.00. The summed E-state index contributed by atoms with van der Waals surface area (Å²) in [6.45, 7) is 4.28. The normalized spacial score (nSPS) is 15.0. The first kappa shape index (κ1) is 17.7. The molecule has 0 radical (unpaired) electrons. The second kappa shape index (κ2) is 7.54. The van der Waals surface area contributed by atoms with E-state index in [4.69, 9.17) is 9.97 Å². The lowest BCUT2D eigenvalue weighted by atomic mass is 10.00. The molecule has 0 amide bonds. The molecular weight excluding hydrogens is 360 g/mol. The van der Waals surface area contributed by atoms with Crippen molar-refractivity contribution in [3.63, 3.8) is 0 Å². The van der Waals surface area contributed by atoms with Gasteiger partial charge in [0.2, 0.25) is 5.95 Å². The number of hydrogen-bond acceptors (Lipinski definition) is 5. The van der Waals surface area contributed by atoms with Gasteiger partial charge in [-0.25, -0.2) is 4.68 Å². The predicted octanol–water partition coefficient (Wildman–Crippen LogP) is 4.80. The summed E-state index contributed by atoms with van der Waals surface area (Å²) in [5.41, 5.74) is 2.81. The minimum absolute atomic E-state index is 0.756. The van der Waals surface area contributed by atoms with Gasteiger partial charge in [-0.15, -0.1) is 0 Å². The smallest absolute Gasteiger partial charge is 0.229 e. The molecule has 0 atom stereocenters. The zero-order valence-electron chi connectivity index (χ0n) is 16.5. The summed E-state index contributed by atoms with van der Waals surface area (Å²) in [6, 6.07) is 20.2. The maximum absolute atomic E-state index is 4.94. The Morgan fingerprint density at radius 1 is 0.897 bits per heavy atom. The van der Waals surface area contributed by atoms with Crippen molar-refractivity contribution in [2.45, 2.75) is 19.8 Å². The van der Waals surface area contributed by atoms with Crippen molar-refractivity contribution in [3.05, 3.63) is 66.9 Å². The first-order chi connectivity index (χ1) is 14.3. The highest BCUT2D eigenvalue weighted by atomic mass is 15.3. The van der Waals surface area contributed by atoms with E-state index in [1.54, 1.807) is 0 Å². The van der Waals surface area contributed by atoms with E-state index in [1.165, 1.54) is 12.8 Å². The molecule has 4 aromatic rings. The van der Waals surface area contributed by atoms with Crippen molar-refractivity contribution < 1.29 is 0 Å². The molecule has 0 saturated carbocycles. The number of benzene rings is 2. The summed E-state index contributed by atoms with van der Waals surface area (Å²) < 4.78 is 1.89. The summed E-state index contributed by atoms with van der Waals surface area (Å²) >= 11 is 0. The molecule has 0 unspecified atom stereocenters. The van der Waals surface area contributed by atoms with Crippen LogP contribution in [0.4, 0.5) is 17.5 Å². The molecule has 146 valence electrons. The third-order valence-electron chi connectivity index (χ3n) is 5.52. The van der Waals surface area contributed by atoms with Gasteiger partial charge in [0, 0.05) is 18.8 Å². The van der Waals surface area contributed by atoms with Gasteiger partial charge in [-0.2, -0.15) is 15.1 Å². The average Bonchev–Trinajstić information content (AvgIpc) is 3.20. The molecule has 2 aromatic carbocycles. The number of nitrogens with zero attached hydrogens (tertiary/aromatic N) is 5. The van der Waals surface area contributed by atoms with Crippen LogP contribution in [0, 0.1) is 5.92 Å². The van der Waals surface area contributed by atoms with Crippen molar-refractivity contribution in [3.8, 4) is 5.69 Å². The van der Waals surface area contributed by atoms with Crippen LogP contribution in [0.2, 0.25) is 0 Å². The maximum atomic E-state index is 4.94. The van der Waals surface area contributed by atoms with E-state index in [1.807, 2.05) is 71.5 Å². The van der Waals surface area contributed by atoms with Crippen LogP contribution in [0.15, 0.2) is 66.9 Å². The SMILES string of the molecule is CC1CCN(c2nc(Nc3ccccc3)c3cnn(-c4ccccc4)c3n2)CC1. The molecule has 1 N–H and O–H groups in total. The first-order valence-corrected chi connectivity index (χ1v) is 10.2. The summed E-state index contributed by atoms with van der Waals surface area (Å²) in [5.74, 6) is 2.31. The Bertz CT molecular complexity index is 1100. The van der Waals surface area contributed by atoms with Crippen molar-refractivity contribution in [1.29, 1.82) is 0 Å². The van der Waals surface area contributed by atoms with Crippen LogP contribution in [0.5, 0.6) is 0 Å². The van der Waals surface area contributed by atoms with Crippen molar-refractivity contribution in [2.75, 3.05) is 23.3 Å². The minimum atomic E-state index is 0.756. The highest BCUT2D eigenvalue weighted by Crippen LogP contribution is 2.29. The van der Waals surface area contributed by atoms with E-state index in [9.17, 15) is 0 Å². The van der Waals surface area contributed by atoms with Crippen LogP contribution < -0.4 is 10.2 Å². The number of piperidine rings is 1. The van der Waals surface area contributed by atoms with E-state index in [2.05, 4.69) is 22.2 Å². The standard InChI is InChI=1S/C23H24N6/c1-17-12-14-28(15-13-17)23-26-21(25-18-8-4-2-5-9-18)20-16-24-29(22(20)27-23)19-10-6-3-7-11-19/h2-11,16-17H,12-15H2,1H3,(H,25,26,27). The molecule has 5 rings (SSSR count). The zero-order chi connectivity index (χ0) is 19.6. The molecule has 3 heterocycles. The fourth-order valence-corrected chi connectivity index (χ4v) is 3.76. The molecule has 29 heavy (non-hydrogen) atoms. The van der Waals surface area contributed by atoms with Gasteiger partial charge in [0.1, 0.15) is 5.82 Å². The Labute approximate surface area is 170 Å². The highest BCUT2D eigenvalue weighted by Gasteiger charge is 2.21. The van der Waals surface area contributed by atoms with E-state index in [-0.39, 0.29) is 0 Å². The van der Waals surface area contributed by atoms with Gasteiger partial charge in [-0.1, -0.05) is 43.3 Å². The number of fused-ring (bicyclic) bond motifs is 1.